The van der Waals surface area contributed by atoms with Crippen molar-refractivity contribution in [2.75, 3.05) is 17.7 Å². The molecule has 0 saturated heterocycles. The van der Waals surface area contributed by atoms with Gasteiger partial charge in [-0.2, -0.15) is 0 Å². The monoisotopic (exact) mass is 499 g/mol. The highest BCUT2D eigenvalue weighted by molar-refractivity contribution is 7.99. The Labute approximate surface area is 205 Å². The van der Waals surface area contributed by atoms with Crippen molar-refractivity contribution in [2.45, 2.75) is 12.1 Å². The van der Waals surface area contributed by atoms with Gasteiger partial charge in [-0.05, 0) is 61.5 Å². The fraction of sp³-hybridized carbons (Fsp3) is 0.130. The Morgan fingerprint density at radius 2 is 1.82 bits per heavy atom. The van der Waals surface area contributed by atoms with Crippen molar-refractivity contribution in [3.63, 3.8) is 0 Å². The van der Waals surface area contributed by atoms with E-state index in [1.54, 1.807) is 30.6 Å². The third-order valence-corrected chi connectivity index (χ3v) is 6.01. The van der Waals surface area contributed by atoms with Crippen LogP contribution in [0.1, 0.15) is 6.92 Å². The van der Waals surface area contributed by atoms with Crippen molar-refractivity contribution in [3.8, 4) is 22.8 Å². The van der Waals surface area contributed by atoms with Crippen molar-refractivity contribution in [2.24, 2.45) is 0 Å². The van der Waals surface area contributed by atoms with Gasteiger partial charge >= 0.3 is 0 Å². The van der Waals surface area contributed by atoms with Crippen molar-refractivity contribution >= 4 is 46.6 Å². The lowest BCUT2D eigenvalue weighted by Crippen LogP contribution is -2.15. The first kappa shape index (κ1) is 23.1. The molecule has 0 aliphatic carbocycles. The molecule has 0 radical (unpaired) electrons. The summed E-state index contributed by atoms with van der Waals surface area (Å²) >= 11 is 13.4. The summed E-state index contributed by atoms with van der Waals surface area (Å²) in [6, 6.07) is 16.2. The van der Waals surface area contributed by atoms with Gasteiger partial charge in [-0.3, -0.25) is 14.3 Å². The van der Waals surface area contributed by atoms with E-state index in [4.69, 9.17) is 27.9 Å². The first-order valence-electron chi connectivity index (χ1n) is 10.0. The van der Waals surface area contributed by atoms with Crippen LogP contribution in [-0.4, -0.2) is 38.0 Å². The number of benzene rings is 2. The lowest BCUT2D eigenvalue weighted by atomic mass is 10.2. The maximum Gasteiger partial charge on any atom is 0.234 e. The molecule has 1 amide bonds. The highest BCUT2D eigenvalue weighted by atomic mass is 35.5. The molecule has 0 saturated carbocycles. The van der Waals surface area contributed by atoms with Gasteiger partial charge in [0.15, 0.2) is 11.0 Å². The Kier molecular flexibility index (Phi) is 7.49. The maximum absolute atomic E-state index is 12.6. The Bertz CT molecular complexity index is 1250. The molecule has 0 atom stereocenters. The van der Waals surface area contributed by atoms with Gasteiger partial charge in [0.1, 0.15) is 5.75 Å². The molecule has 2 heterocycles. The zero-order chi connectivity index (χ0) is 23.2. The normalized spacial score (nSPS) is 10.8. The highest BCUT2D eigenvalue weighted by Crippen LogP contribution is 2.30. The minimum absolute atomic E-state index is 0.106. The summed E-state index contributed by atoms with van der Waals surface area (Å²) in [7, 11) is 0. The van der Waals surface area contributed by atoms with E-state index < -0.39 is 0 Å². The lowest BCUT2D eigenvalue weighted by molar-refractivity contribution is -0.113. The lowest BCUT2D eigenvalue weighted by Gasteiger charge is -2.12. The van der Waals surface area contributed by atoms with E-state index in [9.17, 15) is 4.79 Å². The predicted molar refractivity (Wildman–Crippen MR) is 132 cm³/mol. The molecule has 1 N–H and O–H groups in total. The molecule has 0 spiro atoms. The van der Waals surface area contributed by atoms with Gasteiger partial charge in [-0.25, -0.2) is 0 Å². The van der Waals surface area contributed by atoms with Gasteiger partial charge in [0.2, 0.25) is 5.91 Å². The molecule has 10 heteroatoms. The number of anilines is 1. The molecule has 0 bridgehead atoms. The van der Waals surface area contributed by atoms with Crippen LogP contribution in [0.15, 0.2) is 72.1 Å². The van der Waals surface area contributed by atoms with Gasteiger partial charge < -0.3 is 10.1 Å². The molecular formula is C23H19Cl2N5O2S. The molecule has 0 unspecified atom stereocenters. The Balaban J connectivity index is 1.59. The number of pyridine rings is 1. The predicted octanol–water partition coefficient (Wildman–Crippen LogP) is 5.77. The topological polar surface area (TPSA) is 81.9 Å². The van der Waals surface area contributed by atoms with Gasteiger partial charge in [-0.15, -0.1) is 10.2 Å². The molecule has 7 nitrogen and oxygen atoms in total. The number of carbonyl (C=O) groups excluding carboxylic acids is 1. The molecule has 168 valence electrons. The molecule has 2 aromatic carbocycles. The van der Waals surface area contributed by atoms with E-state index in [0.717, 1.165) is 17.0 Å². The summed E-state index contributed by atoms with van der Waals surface area (Å²) in [5.74, 6) is 1.28. The number of halogens is 2. The van der Waals surface area contributed by atoms with Crippen molar-refractivity contribution in [1.29, 1.82) is 0 Å². The second-order valence-corrected chi connectivity index (χ2v) is 8.55. The van der Waals surface area contributed by atoms with Gasteiger partial charge in [0, 0.05) is 28.7 Å². The number of aromatic nitrogens is 4. The Morgan fingerprint density at radius 3 is 2.55 bits per heavy atom. The quantitative estimate of drug-likeness (QED) is 0.310. The van der Waals surface area contributed by atoms with Crippen LogP contribution in [0.4, 0.5) is 5.69 Å². The number of hydrogen-bond acceptors (Lipinski definition) is 6. The molecule has 33 heavy (non-hydrogen) atoms. The van der Waals surface area contributed by atoms with Crippen LogP contribution in [-0.2, 0) is 4.79 Å². The Morgan fingerprint density at radius 1 is 1.06 bits per heavy atom. The summed E-state index contributed by atoms with van der Waals surface area (Å²) in [5.41, 5.74) is 2.16. The van der Waals surface area contributed by atoms with Crippen LogP contribution in [0.2, 0.25) is 10.0 Å². The summed E-state index contributed by atoms with van der Waals surface area (Å²) in [5, 5.41) is 13.0. The number of nitrogens with one attached hydrogen (secondary N) is 1. The molecular weight excluding hydrogens is 481 g/mol. The fourth-order valence-electron chi connectivity index (χ4n) is 3.05. The number of hydrogen-bond donors (Lipinski definition) is 1. The molecule has 4 aromatic rings. The number of carbonyl (C=O) groups is 1. The number of ether oxygens (including phenoxy) is 1. The van der Waals surface area contributed by atoms with Gasteiger partial charge in [0.25, 0.3) is 0 Å². The van der Waals surface area contributed by atoms with E-state index in [-0.39, 0.29) is 11.7 Å². The van der Waals surface area contributed by atoms with Crippen molar-refractivity contribution in [1.82, 2.24) is 19.7 Å². The summed E-state index contributed by atoms with van der Waals surface area (Å²) < 4.78 is 7.45. The van der Waals surface area contributed by atoms with Crippen LogP contribution >= 0.6 is 35.0 Å². The van der Waals surface area contributed by atoms with E-state index in [1.165, 1.54) is 11.8 Å². The first-order chi connectivity index (χ1) is 16.0. The zero-order valence-corrected chi connectivity index (χ0v) is 19.9. The van der Waals surface area contributed by atoms with Crippen LogP contribution < -0.4 is 10.1 Å². The summed E-state index contributed by atoms with van der Waals surface area (Å²) in [6.45, 7) is 2.52. The van der Waals surface area contributed by atoms with Gasteiger partial charge in [0.05, 0.1) is 23.1 Å². The van der Waals surface area contributed by atoms with E-state index in [2.05, 4.69) is 20.5 Å². The fourth-order valence-corrected chi connectivity index (χ4v) is 4.14. The van der Waals surface area contributed by atoms with Gasteiger partial charge in [-0.1, -0.05) is 35.0 Å². The average molecular weight is 500 g/mol. The second kappa shape index (κ2) is 10.7. The minimum atomic E-state index is -0.240. The van der Waals surface area contributed by atoms with Crippen molar-refractivity contribution < 1.29 is 9.53 Å². The summed E-state index contributed by atoms with van der Waals surface area (Å²) in [4.78, 5) is 16.6. The van der Waals surface area contributed by atoms with E-state index in [0.29, 0.717) is 33.3 Å². The van der Waals surface area contributed by atoms with E-state index >= 15 is 0 Å². The SMILES string of the molecule is CCOc1ccc(-n2c(SCC(=O)Nc3cc(Cl)ccc3Cl)nnc2-c2ccncc2)cc1. The van der Waals surface area contributed by atoms with Crippen LogP contribution in [0.25, 0.3) is 17.1 Å². The Hall–Kier alpha value is -3.07. The van der Waals surface area contributed by atoms with E-state index in [1.807, 2.05) is 47.9 Å². The van der Waals surface area contributed by atoms with Crippen LogP contribution in [0.3, 0.4) is 0 Å². The third-order valence-electron chi connectivity index (χ3n) is 4.51. The minimum Gasteiger partial charge on any atom is -0.494 e. The molecule has 2 aromatic heterocycles. The average Bonchev–Trinajstić information content (AvgIpc) is 3.25. The number of amides is 1. The number of thioether (sulfide) groups is 1. The third kappa shape index (κ3) is 5.65. The van der Waals surface area contributed by atoms with Crippen molar-refractivity contribution in [3.05, 3.63) is 77.0 Å². The number of rotatable bonds is 8. The standard InChI is InChI=1S/C23H19Cl2N5O2S/c1-2-32-18-6-4-17(5-7-18)30-22(15-9-11-26-12-10-15)28-29-23(30)33-14-21(31)27-20-13-16(24)3-8-19(20)25/h3-13H,2,14H2,1H3,(H,27,31). The van der Waals surface area contributed by atoms with Crippen LogP contribution in [0, 0.1) is 0 Å². The molecule has 0 aliphatic heterocycles. The largest absolute Gasteiger partial charge is 0.494 e. The zero-order valence-electron chi connectivity index (χ0n) is 17.5. The summed E-state index contributed by atoms with van der Waals surface area (Å²) in [6.07, 6.45) is 3.39. The number of nitrogens with zero attached hydrogens (tertiary/aromatic N) is 4. The van der Waals surface area contributed by atoms with Crippen LogP contribution in [0.5, 0.6) is 5.75 Å². The first-order valence-corrected chi connectivity index (χ1v) is 11.8. The maximum atomic E-state index is 12.6. The second-order valence-electron chi connectivity index (χ2n) is 6.77. The molecule has 0 fully saturated rings. The smallest absolute Gasteiger partial charge is 0.234 e. The molecule has 4 rings (SSSR count). The highest BCUT2D eigenvalue weighted by Gasteiger charge is 2.18. The molecule has 0 aliphatic rings.